The number of rotatable bonds is 3. The summed E-state index contributed by atoms with van der Waals surface area (Å²) in [4.78, 5) is 18.5. The fourth-order valence-corrected chi connectivity index (χ4v) is 3.54. The largest absolute Gasteiger partial charge is 0.393 e. The second-order valence-corrected chi connectivity index (χ2v) is 6.51. The lowest BCUT2D eigenvalue weighted by Crippen LogP contribution is -2.47. The van der Waals surface area contributed by atoms with Crippen molar-refractivity contribution in [2.75, 3.05) is 11.9 Å². The number of carbonyl (C=O) groups excluding carboxylic acids is 1. The van der Waals surface area contributed by atoms with E-state index in [1.54, 1.807) is 12.3 Å². The van der Waals surface area contributed by atoms with Gasteiger partial charge in [0.2, 0.25) is 5.91 Å². The van der Waals surface area contributed by atoms with E-state index in [1.807, 2.05) is 6.07 Å². The van der Waals surface area contributed by atoms with Gasteiger partial charge in [-0.3, -0.25) is 9.69 Å². The third kappa shape index (κ3) is 3.02. The predicted octanol–water partition coefficient (Wildman–Crippen LogP) is 1.77. The van der Waals surface area contributed by atoms with Crippen molar-refractivity contribution in [1.29, 1.82) is 0 Å². The van der Waals surface area contributed by atoms with Crippen LogP contribution in [0.3, 0.4) is 0 Å². The number of anilines is 1. The van der Waals surface area contributed by atoms with Gasteiger partial charge in [0.05, 0.1) is 12.6 Å². The van der Waals surface area contributed by atoms with E-state index in [0.29, 0.717) is 24.4 Å². The first-order chi connectivity index (χ1) is 9.61. The van der Waals surface area contributed by atoms with Crippen LogP contribution in [0.2, 0.25) is 0 Å². The molecule has 2 aliphatic heterocycles. The SMILES string of the molecule is O=C(CN1C2CCC1CC(O)C2)Nc1ccc(Br)cn1. The Balaban J connectivity index is 1.58. The van der Waals surface area contributed by atoms with Crippen molar-refractivity contribution >= 4 is 27.7 Å². The molecule has 2 fully saturated rings. The number of nitrogens with one attached hydrogen (secondary N) is 1. The number of fused-ring (bicyclic) bond motifs is 2. The second-order valence-electron chi connectivity index (χ2n) is 5.59. The normalized spacial score (nSPS) is 29.4. The van der Waals surface area contributed by atoms with Crippen molar-refractivity contribution in [3.63, 3.8) is 0 Å². The maximum atomic E-state index is 12.1. The molecule has 1 amide bonds. The molecule has 0 radical (unpaired) electrons. The number of piperidine rings is 1. The number of aliphatic hydroxyl groups excluding tert-OH is 1. The Morgan fingerprint density at radius 1 is 1.40 bits per heavy atom. The first-order valence-electron chi connectivity index (χ1n) is 6.97. The summed E-state index contributed by atoms with van der Waals surface area (Å²) >= 11 is 3.31. The summed E-state index contributed by atoms with van der Waals surface area (Å²) in [5, 5.41) is 12.6. The molecule has 3 rings (SSSR count). The van der Waals surface area contributed by atoms with Gasteiger partial charge in [-0.2, -0.15) is 0 Å². The van der Waals surface area contributed by atoms with Crippen molar-refractivity contribution in [3.8, 4) is 0 Å². The second kappa shape index (κ2) is 5.79. The minimum Gasteiger partial charge on any atom is -0.393 e. The van der Waals surface area contributed by atoms with E-state index in [1.165, 1.54) is 0 Å². The van der Waals surface area contributed by atoms with Crippen LogP contribution in [0.4, 0.5) is 5.82 Å². The van der Waals surface area contributed by atoms with Gasteiger partial charge in [-0.15, -0.1) is 0 Å². The van der Waals surface area contributed by atoms with E-state index in [9.17, 15) is 9.90 Å². The van der Waals surface area contributed by atoms with Crippen molar-refractivity contribution < 1.29 is 9.90 Å². The van der Waals surface area contributed by atoms with Gasteiger partial charge < -0.3 is 10.4 Å². The molecule has 6 heteroatoms. The van der Waals surface area contributed by atoms with Gasteiger partial charge >= 0.3 is 0 Å². The summed E-state index contributed by atoms with van der Waals surface area (Å²) in [5.74, 6) is 0.538. The van der Waals surface area contributed by atoms with E-state index in [4.69, 9.17) is 0 Å². The molecule has 1 aromatic heterocycles. The van der Waals surface area contributed by atoms with Crippen LogP contribution in [0.5, 0.6) is 0 Å². The molecule has 2 saturated heterocycles. The molecule has 2 N–H and O–H groups in total. The zero-order valence-electron chi connectivity index (χ0n) is 11.1. The lowest BCUT2D eigenvalue weighted by molar-refractivity contribution is -0.119. The van der Waals surface area contributed by atoms with Crippen molar-refractivity contribution in [2.45, 2.75) is 43.9 Å². The third-order valence-corrected chi connectivity index (χ3v) is 4.65. The minimum atomic E-state index is -0.194. The summed E-state index contributed by atoms with van der Waals surface area (Å²) in [6.45, 7) is 0.389. The van der Waals surface area contributed by atoms with Crippen LogP contribution in [0, 0.1) is 0 Å². The molecule has 5 nitrogen and oxygen atoms in total. The van der Waals surface area contributed by atoms with E-state index in [0.717, 1.165) is 30.2 Å². The smallest absolute Gasteiger partial charge is 0.239 e. The van der Waals surface area contributed by atoms with Crippen LogP contribution in [0.15, 0.2) is 22.8 Å². The summed E-state index contributed by atoms with van der Waals surface area (Å²) in [6.07, 6.45) is 5.23. The van der Waals surface area contributed by atoms with Gasteiger partial charge in [0.15, 0.2) is 0 Å². The number of hydrogen-bond acceptors (Lipinski definition) is 4. The number of halogens is 1. The number of aliphatic hydroxyl groups is 1. The molecule has 1 aromatic rings. The highest BCUT2D eigenvalue weighted by Gasteiger charge is 2.40. The van der Waals surface area contributed by atoms with E-state index in [2.05, 4.69) is 31.1 Å². The first-order valence-corrected chi connectivity index (χ1v) is 7.76. The van der Waals surface area contributed by atoms with Gasteiger partial charge in [0.25, 0.3) is 0 Å². The zero-order chi connectivity index (χ0) is 14.1. The van der Waals surface area contributed by atoms with Crippen LogP contribution >= 0.6 is 15.9 Å². The van der Waals surface area contributed by atoms with E-state index < -0.39 is 0 Å². The number of pyridine rings is 1. The standard InChI is InChI=1S/C14H18BrN3O2/c15-9-1-4-13(16-7-9)17-14(20)8-18-10-2-3-11(18)6-12(19)5-10/h1,4,7,10-12,19H,2-3,5-6,8H2,(H,16,17,20). The van der Waals surface area contributed by atoms with Crippen LogP contribution < -0.4 is 5.32 Å². The predicted molar refractivity (Wildman–Crippen MR) is 79.3 cm³/mol. The number of carbonyl (C=O) groups is 1. The molecule has 20 heavy (non-hydrogen) atoms. The van der Waals surface area contributed by atoms with Gasteiger partial charge in [0, 0.05) is 22.8 Å². The Morgan fingerprint density at radius 2 is 2.10 bits per heavy atom. The highest BCUT2D eigenvalue weighted by atomic mass is 79.9. The number of amides is 1. The number of nitrogens with zero attached hydrogens (tertiary/aromatic N) is 2. The molecule has 2 aliphatic rings. The molecule has 0 saturated carbocycles. The van der Waals surface area contributed by atoms with E-state index in [-0.39, 0.29) is 12.0 Å². The maximum Gasteiger partial charge on any atom is 0.239 e. The Kier molecular flexibility index (Phi) is 4.05. The number of aromatic nitrogens is 1. The topological polar surface area (TPSA) is 65.5 Å². The van der Waals surface area contributed by atoms with Gasteiger partial charge in [-0.1, -0.05) is 0 Å². The molecule has 0 aliphatic carbocycles. The Bertz CT molecular complexity index is 480. The monoisotopic (exact) mass is 339 g/mol. The first kappa shape index (κ1) is 14.0. The van der Waals surface area contributed by atoms with Gasteiger partial charge in [-0.25, -0.2) is 4.98 Å². The summed E-state index contributed by atoms with van der Waals surface area (Å²) < 4.78 is 0.888. The van der Waals surface area contributed by atoms with Crippen molar-refractivity contribution in [3.05, 3.63) is 22.8 Å². The molecular formula is C14H18BrN3O2. The highest BCUT2D eigenvalue weighted by Crippen LogP contribution is 2.35. The van der Waals surface area contributed by atoms with Crippen LogP contribution in [0.25, 0.3) is 0 Å². The summed E-state index contributed by atoms with van der Waals surface area (Å²) in [7, 11) is 0. The summed E-state index contributed by atoms with van der Waals surface area (Å²) in [6, 6.07) is 4.33. The van der Waals surface area contributed by atoms with Crippen LogP contribution in [-0.2, 0) is 4.79 Å². The molecule has 3 heterocycles. The quantitative estimate of drug-likeness (QED) is 0.880. The molecule has 2 unspecified atom stereocenters. The van der Waals surface area contributed by atoms with Gasteiger partial charge in [-0.05, 0) is 53.7 Å². The Morgan fingerprint density at radius 3 is 2.70 bits per heavy atom. The fourth-order valence-electron chi connectivity index (χ4n) is 3.30. The lowest BCUT2D eigenvalue weighted by Gasteiger charge is -2.36. The molecule has 0 aromatic carbocycles. The Hall–Kier alpha value is -0.980. The Labute approximate surface area is 126 Å². The highest BCUT2D eigenvalue weighted by molar-refractivity contribution is 9.10. The number of hydrogen-bond donors (Lipinski definition) is 2. The molecule has 0 spiro atoms. The van der Waals surface area contributed by atoms with Crippen molar-refractivity contribution in [1.82, 2.24) is 9.88 Å². The average Bonchev–Trinajstić information content (AvgIpc) is 2.65. The lowest BCUT2D eigenvalue weighted by atomic mass is 10.00. The zero-order valence-corrected chi connectivity index (χ0v) is 12.7. The molecule has 2 atom stereocenters. The molecule has 108 valence electrons. The molecule has 2 bridgehead atoms. The minimum absolute atomic E-state index is 0.0342. The molecular weight excluding hydrogens is 322 g/mol. The maximum absolute atomic E-state index is 12.1. The van der Waals surface area contributed by atoms with E-state index >= 15 is 0 Å². The fraction of sp³-hybridized carbons (Fsp3) is 0.571. The summed E-state index contributed by atoms with van der Waals surface area (Å²) in [5.41, 5.74) is 0. The van der Waals surface area contributed by atoms with Crippen LogP contribution in [-0.4, -0.2) is 45.6 Å². The van der Waals surface area contributed by atoms with Crippen molar-refractivity contribution in [2.24, 2.45) is 0 Å². The van der Waals surface area contributed by atoms with Gasteiger partial charge in [0.1, 0.15) is 5.82 Å². The average molecular weight is 340 g/mol. The van der Waals surface area contributed by atoms with Crippen LogP contribution in [0.1, 0.15) is 25.7 Å². The third-order valence-electron chi connectivity index (χ3n) is 4.18.